The van der Waals surface area contributed by atoms with Crippen LogP contribution in [0.1, 0.15) is 24.8 Å². The molecule has 1 aliphatic rings. The first-order chi connectivity index (χ1) is 7.81. The average molecular weight is 212 g/mol. The van der Waals surface area contributed by atoms with Gasteiger partial charge in [-0.25, -0.2) is 0 Å². The molecule has 0 unspecified atom stereocenters. The molecule has 82 valence electrons. The van der Waals surface area contributed by atoms with E-state index in [4.69, 9.17) is 5.26 Å². The van der Waals surface area contributed by atoms with Crippen LogP contribution in [0.15, 0.2) is 41.6 Å². The number of nitrogens with zero attached hydrogens (tertiary/aromatic N) is 2. The second kappa shape index (κ2) is 4.85. The first-order valence-electron chi connectivity index (χ1n) is 5.68. The normalized spacial score (nSPS) is 15.0. The van der Waals surface area contributed by atoms with Crippen molar-refractivity contribution in [1.82, 2.24) is 4.90 Å². The highest BCUT2D eigenvalue weighted by Crippen LogP contribution is 2.28. The van der Waals surface area contributed by atoms with Crippen molar-refractivity contribution in [3.05, 3.63) is 47.2 Å². The van der Waals surface area contributed by atoms with E-state index in [1.54, 1.807) is 0 Å². The van der Waals surface area contributed by atoms with Gasteiger partial charge in [-0.2, -0.15) is 5.26 Å². The van der Waals surface area contributed by atoms with E-state index in [2.05, 4.69) is 42.3 Å². The second-order valence-corrected chi connectivity index (χ2v) is 4.23. The Labute approximate surface area is 96.8 Å². The summed E-state index contributed by atoms with van der Waals surface area (Å²) in [6.07, 6.45) is 3.12. The van der Waals surface area contributed by atoms with Crippen molar-refractivity contribution >= 4 is 0 Å². The van der Waals surface area contributed by atoms with Gasteiger partial charge in [-0.1, -0.05) is 30.3 Å². The van der Waals surface area contributed by atoms with E-state index < -0.39 is 0 Å². The predicted molar refractivity (Wildman–Crippen MR) is 64.4 cm³/mol. The monoisotopic (exact) mass is 212 g/mol. The first-order valence-corrected chi connectivity index (χ1v) is 5.68. The largest absolute Gasteiger partial charge is 0.373 e. The predicted octanol–water partition coefficient (Wildman–Crippen LogP) is 3.08. The molecule has 0 bridgehead atoms. The van der Waals surface area contributed by atoms with Crippen LogP contribution in [-0.2, 0) is 6.54 Å². The lowest BCUT2D eigenvalue weighted by Gasteiger charge is -2.21. The minimum absolute atomic E-state index is 0.890. The molecule has 1 aromatic rings. The standard InChI is InChI=1S/C14H16N2/c1-16(11-12-6-3-2-4-7-12)14-9-5-8-13(14)10-15/h2-4,6-7H,5,8-9,11H2,1H3. The Morgan fingerprint density at radius 3 is 2.69 bits per heavy atom. The van der Waals surface area contributed by atoms with Crippen molar-refractivity contribution in [2.45, 2.75) is 25.8 Å². The van der Waals surface area contributed by atoms with Crippen LogP contribution in [0.3, 0.4) is 0 Å². The Balaban J connectivity index is 2.10. The zero-order valence-electron chi connectivity index (χ0n) is 9.61. The van der Waals surface area contributed by atoms with Crippen molar-refractivity contribution in [1.29, 1.82) is 5.26 Å². The van der Waals surface area contributed by atoms with Crippen LogP contribution in [0, 0.1) is 11.3 Å². The quantitative estimate of drug-likeness (QED) is 0.770. The summed E-state index contributed by atoms with van der Waals surface area (Å²) in [5.74, 6) is 0. The summed E-state index contributed by atoms with van der Waals surface area (Å²) in [4.78, 5) is 2.21. The Kier molecular flexibility index (Phi) is 3.26. The smallest absolute Gasteiger partial charge is 0.0965 e. The zero-order chi connectivity index (χ0) is 11.4. The fraction of sp³-hybridized carbons (Fsp3) is 0.357. The summed E-state index contributed by atoms with van der Waals surface area (Å²) in [5.41, 5.74) is 3.49. The lowest BCUT2D eigenvalue weighted by molar-refractivity contribution is 0.399. The third-order valence-electron chi connectivity index (χ3n) is 3.05. The molecular weight excluding hydrogens is 196 g/mol. The van der Waals surface area contributed by atoms with E-state index in [0.717, 1.165) is 31.4 Å². The van der Waals surface area contributed by atoms with E-state index in [0.29, 0.717) is 0 Å². The first kappa shape index (κ1) is 10.8. The van der Waals surface area contributed by atoms with Gasteiger partial charge in [-0.05, 0) is 24.8 Å². The molecule has 16 heavy (non-hydrogen) atoms. The van der Waals surface area contributed by atoms with Crippen LogP contribution in [0.4, 0.5) is 0 Å². The Morgan fingerprint density at radius 1 is 1.25 bits per heavy atom. The van der Waals surface area contributed by atoms with Crippen molar-refractivity contribution in [2.24, 2.45) is 0 Å². The van der Waals surface area contributed by atoms with Crippen molar-refractivity contribution in [3.8, 4) is 6.07 Å². The molecule has 1 aromatic carbocycles. The number of allylic oxidation sites excluding steroid dienone is 2. The van der Waals surface area contributed by atoms with Crippen molar-refractivity contribution in [2.75, 3.05) is 7.05 Å². The van der Waals surface area contributed by atoms with Gasteiger partial charge in [-0.15, -0.1) is 0 Å². The third-order valence-corrected chi connectivity index (χ3v) is 3.05. The summed E-state index contributed by atoms with van der Waals surface area (Å²) in [7, 11) is 2.07. The summed E-state index contributed by atoms with van der Waals surface area (Å²) in [6, 6.07) is 12.7. The summed E-state index contributed by atoms with van der Waals surface area (Å²) < 4.78 is 0. The minimum Gasteiger partial charge on any atom is -0.373 e. The maximum atomic E-state index is 9.02. The van der Waals surface area contributed by atoms with Gasteiger partial charge >= 0.3 is 0 Å². The number of rotatable bonds is 3. The Bertz CT molecular complexity index is 426. The minimum atomic E-state index is 0.890. The van der Waals surface area contributed by atoms with Gasteiger partial charge in [0.1, 0.15) is 0 Å². The maximum absolute atomic E-state index is 9.02. The highest BCUT2D eigenvalue weighted by atomic mass is 15.1. The Hall–Kier alpha value is -1.75. The van der Waals surface area contributed by atoms with E-state index in [9.17, 15) is 0 Å². The van der Waals surface area contributed by atoms with Crippen LogP contribution < -0.4 is 0 Å². The average Bonchev–Trinajstić information content (AvgIpc) is 2.78. The molecule has 2 rings (SSSR count). The number of nitriles is 1. The second-order valence-electron chi connectivity index (χ2n) is 4.23. The molecule has 0 aliphatic heterocycles. The maximum Gasteiger partial charge on any atom is 0.0965 e. The van der Waals surface area contributed by atoms with Crippen LogP contribution in [0.25, 0.3) is 0 Å². The van der Waals surface area contributed by atoms with Gasteiger partial charge < -0.3 is 4.90 Å². The lowest BCUT2D eigenvalue weighted by atomic mass is 10.2. The molecule has 0 saturated heterocycles. The van der Waals surface area contributed by atoms with E-state index >= 15 is 0 Å². The third kappa shape index (κ3) is 2.25. The fourth-order valence-corrected chi connectivity index (χ4v) is 2.22. The molecule has 0 atom stereocenters. The highest BCUT2D eigenvalue weighted by molar-refractivity contribution is 5.31. The molecule has 0 fully saturated rings. The van der Waals surface area contributed by atoms with Crippen molar-refractivity contribution < 1.29 is 0 Å². The topological polar surface area (TPSA) is 27.0 Å². The van der Waals surface area contributed by atoms with Crippen LogP contribution >= 0.6 is 0 Å². The van der Waals surface area contributed by atoms with E-state index in [1.165, 1.54) is 11.3 Å². The molecule has 0 aromatic heterocycles. The van der Waals surface area contributed by atoms with Gasteiger partial charge in [-0.3, -0.25) is 0 Å². The molecular formula is C14H16N2. The van der Waals surface area contributed by atoms with Gasteiger partial charge in [0.2, 0.25) is 0 Å². The Morgan fingerprint density at radius 2 is 2.00 bits per heavy atom. The molecule has 2 heteroatoms. The lowest BCUT2D eigenvalue weighted by Crippen LogP contribution is -2.16. The summed E-state index contributed by atoms with van der Waals surface area (Å²) >= 11 is 0. The van der Waals surface area contributed by atoms with E-state index in [1.807, 2.05) is 6.07 Å². The number of hydrogen-bond acceptors (Lipinski definition) is 2. The summed E-state index contributed by atoms with van der Waals surface area (Å²) in [6.45, 7) is 0.890. The van der Waals surface area contributed by atoms with E-state index in [-0.39, 0.29) is 0 Å². The SMILES string of the molecule is CN(Cc1ccccc1)C1=C(C#N)CCC1. The van der Waals surface area contributed by atoms with Crippen molar-refractivity contribution in [3.63, 3.8) is 0 Å². The van der Waals surface area contributed by atoms with Crippen LogP contribution in [0.5, 0.6) is 0 Å². The van der Waals surface area contributed by atoms with Gasteiger partial charge in [0, 0.05) is 24.9 Å². The highest BCUT2D eigenvalue weighted by Gasteiger charge is 2.17. The van der Waals surface area contributed by atoms with Gasteiger partial charge in [0.25, 0.3) is 0 Å². The number of benzene rings is 1. The number of hydrogen-bond donors (Lipinski definition) is 0. The summed E-state index contributed by atoms with van der Waals surface area (Å²) in [5, 5.41) is 9.02. The van der Waals surface area contributed by atoms with Gasteiger partial charge in [0.05, 0.1) is 6.07 Å². The fourth-order valence-electron chi connectivity index (χ4n) is 2.22. The molecule has 0 amide bonds. The van der Waals surface area contributed by atoms with Crippen LogP contribution in [0.2, 0.25) is 0 Å². The molecule has 0 radical (unpaired) electrons. The zero-order valence-corrected chi connectivity index (χ0v) is 9.61. The molecule has 2 nitrogen and oxygen atoms in total. The molecule has 0 heterocycles. The molecule has 0 spiro atoms. The van der Waals surface area contributed by atoms with Gasteiger partial charge in [0.15, 0.2) is 0 Å². The molecule has 0 N–H and O–H groups in total. The molecule has 1 aliphatic carbocycles. The van der Waals surface area contributed by atoms with Crippen LogP contribution in [-0.4, -0.2) is 11.9 Å². The molecule has 0 saturated carbocycles.